The van der Waals surface area contributed by atoms with Crippen molar-refractivity contribution in [1.29, 1.82) is 0 Å². The van der Waals surface area contributed by atoms with Crippen LogP contribution in [-0.4, -0.2) is 4.98 Å². The first-order valence-corrected chi connectivity index (χ1v) is 6.71. The van der Waals surface area contributed by atoms with Gasteiger partial charge in [-0.05, 0) is 50.3 Å². The standard InChI is InChI=1S/C15H16ClN/c1-10-7-8-14-12(9-10)15(16)11-5-3-2-4-6-13(11)17-14/h7-9H,2-6H2,1H3. The van der Waals surface area contributed by atoms with Gasteiger partial charge in [0.25, 0.3) is 0 Å². The van der Waals surface area contributed by atoms with Gasteiger partial charge in [-0.1, -0.05) is 29.7 Å². The molecule has 1 aliphatic carbocycles. The van der Waals surface area contributed by atoms with Crippen molar-refractivity contribution in [3.8, 4) is 0 Å². The number of hydrogen-bond acceptors (Lipinski definition) is 1. The van der Waals surface area contributed by atoms with E-state index in [1.54, 1.807) is 0 Å². The summed E-state index contributed by atoms with van der Waals surface area (Å²) in [5.74, 6) is 0. The van der Waals surface area contributed by atoms with Crippen LogP contribution in [0.25, 0.3) is 10.9 Å². The Kier molecular flexibility index (Phi) is 2.79. The molecule has 1 nitrogen and oxygen atoms in total. The molecular formula is C15H16ClN. The van der Waals surface area contributed by atoms with E-state index >= 15 is 0 Å². The summed E-state index contributed by atoms with van der Waals surface area (Å²) in [4.78, 5) is 4.79. The molecule has 0 radical (unpaired) electrons. The molecule has 0 aliphatic heterocycles. The molecule has 1 heterocycles. The lowest BCUT2D eigenvalue weighted by Gasteiger charge is -2.11. The van der Waals surface area contributed by atoms with Crippen molar-refractivity contribution >= 4 is 22.5 Å². The third-order valence-corrected chi connectivity index (χ3v) is 4.03. The molecule has 0 atom stereocenters. The summed E-state index contributed by atoms with van der Waals surface area (Å²) in [6.07, 6.45) is 5.95. The first-order chi connectivity index (χ1) is 8.25. The fraction of sp³-hybridized carbons (Fsp3) is 0.400. The number of halogens is 1. The van der Waals surface area contributed by atoms with Gasteiger partial charge in [0.1, 0.15) is 0 Å². The molecule has 0 bridgehead atoms. The Morgan fingerprint density at radius 3 is 2.82 bits per heavy atom. The van der Waals surface area contributed by atoms with Crippen LogP contribution >= 0.6 is 11.6 Å². The maximum absolute atomic E-state index is 6.56. The first-order valence-electron chi connectivity index (χ1n) is 6.33. The largest absolute Gasteiger partial charge is 0.252 e. The fourth-order valence-corrected chi connectivity index (χ4v) is 3.01. The van der Waals surface area contributed by atoms with Gasteiger partial charge in [-0.25, -0.2) is 0 Å². The normalized spacial score (nSPS) is 15.6. The van der Waals surface area contributed by atoms with Crippen LogP contribution in [0.15, 0.2) is 18.2 Å². The zero-order valence-electron chi connectivity index (χ0n) is 10.1. The Bertz CT molecular complexity index is 575. The zero-order chi connectivity index (χ0) is 11.8. The average molecular weight is 246 g/mol. The van der Waals surface area contributed by atoms with Gasteiger partial charge >= 0.3 is 0 Å². The molecule has 1 aromatic heterocycles. The second-order valence-corrected chi connectivity index (χ2v) is 5.31. The van der Waals surface area contributed by atoms with Gasteiger partial charge in [0.05, 0.1) is 10.5 Å². The summed E-state index contributed by atoms with van der Waals surface area (Å²) < 4.78 is 0. The SMILES string of the molecule is Cc1ccc2nc3c(c(Cl)c2c1)CCCCC3. The van der Waals surface area contributed by atoms with Gasteiger partial charge in [0, 0.05) is 11.1 Å². The monoisotopic (exact) mass is 245 g/mol. The smallest absolute Gasteiger partial charge is 0.0720 e. The van der Waals surface area contributed by atoms with Crippen LogP contribution in [0.2, 0.25) is 5.02 Å². The third kappa shape index (κ3) is 1.93. The fourth-order valence-electron chi connectivity index (χ4n) is 2.66. The van der Waals surface area contributed by atoms with Gasteiger partial charge in [0.2, 0.25) is 0 Å². The highest BCUT2D eigenvalue weighted by atomic mass is 35.5. The van der Waals surface area contributed by atoms with Crippen molar-refractivity contribution in [3.63, 3.8) is 0 Å². The minimum Gasteiger partial charge on any atom is -0.252 e. The number of aromatic nitrogens is 1. The van der Waals surface area contributed by atoms with Crippen molar-refractivity contribution in [1.82, 2.24) is 4.98 Å². The second-order valence-electron chi connectivity index (χ2n) is 4.93. The first kappa shape index (κ1) is 11.0. The molecule has 0 unspecified atom stereocenters. The number of nitrogens with zero attached hydrogens (tertiary/aromatic N) is 1. The average Bonchev–Trinajstić information content (AvgIpc) is 2.56. The minimum absolute atomic E-state index is 0.940. The number of hydrogen-bond donors (Lipinski definition) is 0. The zero-order valence-corrected chi connectivity index (χ0v) is 10.8. The lowest BCUT2D eigenvalue weighted by Crippen LogP contribution is -1.98. The van der Waals surface area contributed by atoms with E-state index in [-0.39, 0.29) is 0 Å². The number of aryl methyl sites for hydroxylation is 2. The molecular weight excluding hydrogens is 230 g/mol. The van der Waals surface area contributed by atoms with Gasteiger partial charge < -0.3 is 0 Å². The van der Waals surface area contributed by atoms with Crippen LogP contribution in [-0.2, 0) is 12.8 Å². The Morgan fingerprint density at radius 1 is 1.12 bits per heavy atom. The van der Waals surface area contributed by atoms with E-state index in [1.807, 2.05) is 0 Å². The van der Waals surface area contributed by atoms with Crippen LogP contribution in [0, 0.1) is 6.92 Å². The highest BCUT2D eigenvalue weighted by Crippen LogP contribution is 2.32. The second kappa shape index (κ2) is 4.30. The summed E-state index contributed by atoms with van der Waals surface area (Å²) in [6.45, 7) is 2.10. The summed E-state index contributed by atoms with van der Waals surface area (Å²) in [5.41, 5.74) is 4.81. The molecule has 0 N–H and O–H groups in total. The van der Waals surface area contributed by atoms with E-state index in [0.29, 0.717) is 0 Å². The summed E-state index contributed by atoms with van der Waals surface area (Å²) in [6, 6.07) is 6.34. The van der Waals surface area contributed by atoms with Crippen LogP contribution in [0.1, 0.15) is 36.1 Å². The van der Waals surface area contributed by atoms with Gasteiger partial charge in [-0.3, -0.25) is 4.98 Å². The Morgan fingerprint density at radius 2 is 1.94 bits per heavy atom. The Balaban J connectivity index is 2.29. The third-order valence-electron chi connectivity index (χ3n) is 3.60. The van der Waals surface area contributed by atoms with Crippen LogP contribution in [0.5, 0.6) is 0 Å². The Hall–Kier alpha value is -1.08. The van der Waals surface area contributed by atoms with Crippen LogP contribution in [0.4, 0.5) is 0 Å². The van der Waals surface area contributed by atoms with E-state index in [9.17, 15) is 0 Å². The summed E-state index contributed by atoms with van der Waals surface area (Å²) in [5, 5.41) is 2.06. The van der Waals surface area contributed by atoms with Crippen molar-refractivity contribution in [2.24, 2.45) is 0 Å². The molecule has 88 valence electrons. The topological polar surface area (TPSA) is 12.9 Å². The lowest BCUT2D eigenvalue weighted by atomic mass is 10.0. The highest BCUT2D eigenvalue weighted by molar-refractivity contribution is 6.36. The van der Waals surface area contributed by atoms with E-state index in [4.69, 9.17) is 16.6 Å². The molecule has 0 fully saturated rings. The maximum Gasteiger partial charge on any atom is 0.0720 e. The molecule has 0 saturated heterocycles. The quantitative estimate of drug-likeness (QED) is 0.625. The summed E-state index contributed by atoms with van der Waals surface area (Å²) >= 11 is 6.56. The number of fused-ring (bicyclic) bond motifs is 2. The molecule has 1 aromatic carbocycles. The summed E-state index contributed by atoms with van der Waals surface area (Å²) in [7, 11) is 0. The molecule has 0 saturated carbocycles. The van der Waals surface area contributed by atoms with Crippen molar-refractivity contribution in [2.45, 2.75) is 39.0 Å². The van der Waals surface area contributed by atoms with E-state index in [1.165, 1.54) is 36.1 Å². The molecule has 0 amide bonds. The molecule has 2 heteroatoms. The molecule has 3 rings (SSSR count). The number of benzene rings is 1. The molecule has 2 aromatic rings. The minimum atomic E-state index is 0.940. The Labute approximate surface area is 107 Å². The molecule has 0 spiro atoms. The van der Waals surface area contributed by atoms with Crippen LogP contribution in [0.3, 0.4) is 0 Å². The van der Waals surface area contributed by atoms with Crippen molar-refractivity contribution in [3.05, 3.63) is 40.0 Å². The highest BCUT2D eigenvalue weighted by Gasteiger charge is 2.15. The van der Waals surface area contributed by atoms with E-state index in [0.717, 1.165) is 28.8 Å². The molecule has 17 heavy (non-hydrogen) atoms. The van der Waals surface area contributed by atoms with E-state index in [2.05, 4.69) is 25.1 Å². The maximum atomic E-state index is 6.56. The number of pyridine rings is 1. The van der Waals surface area contributed by atoms with Gasteiger partial charge in [0.15, 0.2) is 0 Å². The van der Waals surface area contributed by atoms with Crippen molar-refractivity contribution in [2.75, 3.05) is 0 Å². The predicted molar refractivity (Wildman–Crippen MR) is 72.7 cm³/mol. The molecule has 1 aliphatic rings. The van der Waals surface area contributed by atoms with Crippen molar-refractivity contribution < 1.29 is 0 Å². The number of rotatable bonds is 0. The van der Waals surface area contributed by atoms with Gasteiger partial charge in [-0.2, -0.15) is 0 Å². The lowest BCUT2D eigenvalue weighted by molar-refractivity contribution is 0.709. The van der Waals surface area contributed by atoms with E-state index < -0.39 is 0 Å². The van der Waals surface area contributed by atoms with Crippen LogP contribution < -0.4 is 0 Å². The predicted octanol–water partition coefficient (Wildman–Crippen LogP) is 4.47. The van der Waals surface area contributed by atoms with Gasteiger partial charge in [-0.15, -0.1) is 0 Å².